The summed E-state index contributed by atoms with van der Waals surface area (Å²) < 4.78 is 11.2. The van der Waals surface area contributed by atoms with E-state index in [1.54, 1.807) is 24.3 Å². The lowest BCUT2D eigenvalue weighted by Gasteiger charge is -2.10. The summed E-state index contributed by atoms with van der Waals surface area (Å²) in [6, 6.07) is 6.69. The zero-order chi connectivity index (χ0) is 15.0. The smallest absolute Gasteiger partial charge is 0.257 e. The van der Waals surface area contributed by atoms with Crippen LogP contribution in [-0.2, 0) is 0 Å². The molecule has 0 atom stereocenters. The molecule has 0 saturated heterocycles. The maximum Gasteiger partial charge on any atom is 0.257 e. The number of carbonyl (C=O) groups excluding carboxylic acids is 1. The Morgan fingerprint density at radius 3 is 2.76 bits per heavy atom. The predicted molar refractivity (Wildman–Crippen MR) is 81.6 cm³/mol. The van der Waals surface area contributed by atoms with Gasteiger partial charge in [0, 0.05) is 11.8 Å². The largest absolute Gasteiger partial charge is 0.454 e. The van der Waals surface area contributed by atoms with Crippen molar-refractivity contribution in [2.45, 2.75) is 6.92 Å². The molecule has 1 aromatic heterocycles. The highest BCUT2D eigenvalue weighted by molar-refractivity contribution is 9.10. The minimum absolute atomic E-state index is 0.135. The number of fused-ring (bicyclic) bond motifs is 1. The van der Waals surface area contributed by atoms with E-state index in [4.69, 9.17) is 15.2 Å². The number of hydrogen-bond donors (Lipinski definition) is 2. The average molecular weight is 350 g/mol. The van der Waals surface area contributed by atoms with Gasteiger partial charge in [0.15, 0.2) is 11.5 Å². The number of hydrogen-bond acceptors (Lipinski definition) is 5. The van der Waals surface area contributed by atoms with E-state index in [9.17, 15) is 4.79 Å². The summed E-state index contributed by atoms with van der Waals surface area (Å²) in [5.41, 5.74) is 7.89. The maximum atomic E-state index is 12.3. The zero-order valence-electron chi connectivity index (χ0n) is 11.1. The van der Waals surface area contributed by atoms with E-state index in [2.05, 4.69) is 26.2 Å². The summed E-state index contributed by atoms with van der Waals surface area (Å²) in [6.07, 6.45) is 0. The lowest BCUT2D eigenvalue weighted by Crippen LogP contribution is -2.15. The van der Waals surface area contributed by atoms with E-state index in [0.717, 1.165) is 0 Å². The topological polar surface area (TPSA) is 86.5 Å². The number of nitrogens with zero attached hydrogens (tertiary/aromatic N) is 1. The second kappa shape index (κ2) is 5.25. The number of halogens is 1. The van der Waals surface area contributed by atoms with E-state index >= 15 is 0 Å². The zero-order valence-corrected chi connectivity index (χ0v) is 12.7. The Morgan fingerprint density at radius 1 is 1.33 bits per heavy atom. The minimum atomic E-state index is -0.321. The molecule has 1 aliphatic heterocycles. The van der Waals surface area contributed by atoms with E-state index in [0.29, 0.717) is 38.7 Å². The van der Waals surface area contributed by atoms with Gasteiger partial charge in [0.1, 0.15) is 4.60 Å². The number of carbonyl (C=O) groups is 1. The van der Waals surface area contributed by atoms with Crippen LogP contribution in [-0.4, -0.2) is 17.7 Å². The number of anilines is 2. The van der Waals surface area contributed by atoms with Gasteiger partial charge in [-0.2, -0.15) is 0 Å². The van der Waals surface area contributed by atoms with Crippen molar-refractivity contribution in [3.05, 3.63) is 40.1 Å². The van der Waals surface area contributed by atoms with Crippen molar-refractivity contribution in [3.63, 3.8) is 0 Å². The molecule has 3 rings (SSSR count). The van der Waals surface area contributed by atoms with Gasteiger partial charge in [0.25, 0.3) is 5.91 Å². The monoisotopic (exact) mass is 349 g/mol. The van der Waals surface area contributed by atoms with Crippen LogP contribution < -0.4 is 20.5 Å². The quantitative estimate of drug-likeness (QED) is 0.642. The summed E-state index contributed by atoms with van der Waals surface area (Å²) in [4.78, 5) is 16.6. The Kier molecular flexibility index (Phi) is 3.42. The Balaban J connectivity index is 1.89. The van der Waals surface area contributed by atoms with Crippen molar-refractivity contribution >= 4 is 33.2 Å². The predicted octanol–water partition coefficient (Wildman–Crippen LogP) is 2.72. The number of ether oxygens (including phenoxy) is 2. The molecule has 0 saturated carbocycles. The van der Waals surface area contributed by atoms with Gasteiger partial charge in [0.05, 0.1) is 16.9 Å². The van der Waals surface area contributed by atoms with Crippen LogP contribution in [0.1, 0.15) is 16.1 Å². The van der Waals surface area contributed by atoms with Gasteiger partial charge in [-0.05, 0) is 41.1 Å². The Labute approximate surface area is 129 Å². The van der Waals surface area contributed by atoms with Crippen molar-refractivity contribution in [2.24, 2.45) is 0 Å². The molecule has 21 heavy (non-hydrogen) atoms. The molecule has 3 N–H and O–H groups in total. The Bertz CT molecular complexity index is 734. The molecule has 7 heteroatoms. The molecule has 0 radical (unpaired) electrons. The molecule has 1 aliphatic rings. The first kappa shape index (κ1) is 13.7. The molecule has 2 heterocycles. The number of pyridine rings is 1. The van der Waals surface area contributed by atoms with E-state index in [1.807, 2.05) is 6.92 Å². The Hall–Kier alpha value is -2.28. The lowest BCUT2D eigenvalue weighted by molar-refractivity contribution is 0.102. The summed E-state index contributed by atoms with van der Waals surface area (Å²) in [6.45, 7) is 1.94. The summed E-state index contributed by atoms with van der Waals surface area (Å²) in [7, 11) is 0. The first-order chi connectivity index (χ1) is 10.0. The molecule has 108 valence electrons. The fraction of sp³-hybridized carbons (Fsp3) is 0.143. The van der Waals surface area contributed by atoms with Crippen LogP contribution in [0, 0.1) is 6.92 Å². The van der Waals surface area contributed by atoms with Gasteiger partial charge in [-0.1, -0.05) is 0 Å². The molecule has 2 aromatic rings. The van der Waals surface area contributed by atoms with Crippen molar-refractivity contribution in [2.75, 3.05) is 17.8 Å². The standard InChI is InChI=1S/C14H12BrN3O3/c1-7-10(2-3-13(15)17-7)18-14(19)8-4-11-12(5-9(8)16)21-6-20-11/h2-5H,6,16H2,1H3,(H,18,19). The van der Waals surface area contributed by atoms with Crippen LogP contribution in [0.5, 0.6) is 11.5 Å². The van der Waals surface area contributed by atoms with Crippen molar-refractivity contribution in [3.8, 4) is 11.5 Å². The van der Waals surface area contributed by atoms with Gasteiger partial charge >= 0.3 is 0 Å². The number of nitrogens with one attached hydrogen (secondary N) is 1. The van der Waals surface area contributed by atoms with E-state index in [-0.39, 0.29) is 12.7 Å². The van der Waals surface area contributed by atoms with Crippen LogP contribution in [0.2, 0.25) is 0 Å². The molecule has 0 bridgehead atoms. The van der Waals surface area contributed by atoms with Crippen LogP contribution in [0.3, 0.4) is 0 Å². The molecule has 0 fully saturated rings. The minimum Gasteiger partial charge on any atom is -0.454 e. The second-order valence-corrected chi connectivity index (χ2v) is 5.33. The van der Waals surface area contributed by atoms with Gasteiger partial charge in [-0.3, -0.25) is 4.79 Å². The third kappa shape index (κ3) is 2.64. The molecular weight excluding hydrogens is 338 g/mol. The molecule has 0 aliphatic carbocycles. The third-order valence-corrected chi connectivity index (χ3v) is 3.53. The first-order valence-electron chi connectivity index (χ1n) is 6.18. The van der Waals surface area contributed by atoms with Gasteiger partial charge in [-0.25, -0.2) is 4.98 Å². The van der Waals surface area contributed by atoms with Crippen LogP contribution in [0.25, 0.3) is 0 Å². The highest BCUT2D eigenvalue weighted by atomic mass is 79.9. The number of aryl methyl sites for hydroxylation is 1. The summed E-state index contributed by atoms with van der Waals surface area (Å²) in [5.74, 6) is 0.739. The van der Waals surface area contributed by atoms with E-state index in [1.165, 1.54) is 0 Å². The van der Waals surface area contributed by atoms with Crippen LogP contribution in [0.4, 0.5) is 11.4 Å². The molecule has 0 spiro atoms. The van der Waals surface area contributed by atoms with Gasteiger partial charge in [0.2, 0.25) is 6.79 Å². The van der Waals surface area contributed by atoms with Crippen LogP contribution in [0.15, 0.2) is 28.9 Å². The SMILES string of the molecule is Cc1nc(Br)ccc1NC(=O)c1cc2c(cc1N)OCO2. The van der Waals surface area contributed by atoms with Crippen molar-refractivity contribution < 1.29 is 14.3 Å². The fourth-order valence-corrected chi connectivity index (χ4v) is 2.40. The fourth-order valence-electron chi connectivity index (χ4n) is 2.01. The second-order valence-electron chi connectivity index (χ2n) is 4.51. The first-order valence-corrected chi connectivity index (χ1v) is 6.97. The Morgan fingerprint density at radius 2 is 2.05 bits per heavy atom. The molecule has 6 nitrogen and oxygen atoms in total. The number of aromatic nitrogens is 1. The summed E-state index contributed by atoms with van der Waals surface area (Å²) >= 11 is 3.28. The lowest BCUT2D eigenvalue weighted by atomic mass is 10.1. The average Bonchev–Trinajstić information content (AvgIpc) is 2.88. The van der Waals surface area contributed by atoms with Crippen molar-refractivity contribution in [1.82, 2.24) is 4.98 Å². The number of benzene rings is 1. The van der Waals surface area contributed by atoms with Crippen molar-refractivity contribution in [1.29, 1.82) is 0 Å². The number of rotatable bonds is 2. The van der Waals surface area contributed by atoms with E-state index < -0.39 is 0 Å². The normalized spacial score (nSPS) is 12.3. The van der Waals surface area contributed by atoms with Gasteiger partial charge < -0.3 is 20.5 Å². The molecular formula is C14H12BrN3O3. The van der Waals surface area contributed by atoms with Gasteiger partial charge in [-0.15, -0.1) is 0 Å². The molecule has 0 unspecified atom stereocenters. The highest BCUT2D eigenvalue weighted by Gasteiger charge is 2.20. The third-order valence-electron chi connectivity index (χ3n) is 3.09. The number of nitrogen functional groups attached to an aromatic ring is 1. The molecule has 1 aromatic carbocycles. The van der Waals surface area contributed by atoms with Crippen LogP contribution >= 0.6 is 15.9 Å². The number of nitrogens with two attached hydrogens (primary N) is 1. The number of amides is 1. The maximum absolute atomic E-state index is 12.3. The molecule has 1 amide bonds. The summed E-state index contributed by atoms with van der Waals surface area (Å²) in [5, 5.41) is 2.79. The highest BCUT2D eigenvalue weighted by Crippen LogP contribution is 2.36.